The van der Waals surface area contributed by atoms with Crippen LogP contribution in [0.3, 0.4) is 0 Å². The van der Waals surface area contributed by atoms with Crippen LogP contribution in [0.2, 0.25) is 0 Å². The van der Waals surface area contributed by atoms with Gasteiger partial charge in [-0.15, -0.1) is 0 Å². The molecule has 2 nitrogen and oxygen atoms in total. The molecule has 0 saturated heterocycles. The van der Waals surface area contributed by atoms with E-state index in [9.17, 15) is 5.11 Å². The fraction of sp³-hybridized carbons (Fsp3) is 0.792. The van der Waals surface area contributed by atoms with E-state index in [0.717, 1.165) is 18.5 Å². The Morgan fingerprint density at radius 3 is 1.58 bits per heavy atom. The minimum atomic E-state index is -0.386. The number of aliphatic hydroxyl groups is 1. The van der Waals surface area contributed by atoms with E-state index in [1.807, 2.05) is 18.2 Å². The molecule has 1 aromatic heterocycles. The molecule has 1 rings (SSSR count). The summed E-state index contributed by atoms with van der Waals surface area (Å²) in [5.41, 5.74) is 0.813. The molecule has 0 aliphatic carbocycles. The number of aromatic nitrogens is 1. The van der Waals surface area contributed by atoms with Crippen LogP contribution in [0, 0.1) is 0 Å². The highest BCUT2D eigenvalue weighted by atomic mass is 16.3. The van der Waals surface area contributed by atoms with Crippen LogP contribution in [0.15, 0.2) is 24.4 Å². The summed E-state index contributed by atoms with van der Waals surface area (Å²) in [6, 6.07) is 5.75. The molecular formula is C24H43NO. The Labute approximate surface area is 162 Å². The molecule has 0 amide bonds. The summed E-state index contributed by atoms with van der Waals surface area (Å²) in [6.45, 7) is 2.29. The van der Waals surface area contributed by atoms with Crippen LogP contribution >= 0.6 is 0 Å². The second kappa shape index (κ2) is 17.5. The molecule has 0 aliphatic rings. The third-order valence-corrected chi connectivity index (χ3v) is 5.36. The molecule has 0 aromatic carbocycles. The number of nitrogens with zero attached hydrogens (tertiary/aromatic N) is 1. The summed E-state index contributed by atoms with van der Waals surface area (Å²) in [5.74, 6) is 0. The molecule has 1 N–H and O–H groups in total. The molecular weight excluding hydrogens is 318 g/mol. The average Bonchev–Trinajstić information content (AvgIpc) is 2.68. The zero-order valence-electron chi connectivity index (χ0n) is 17.3. The lowest BCUT2D eigenvalue weighted by atomic mass is 10.0. The van der Waals surface area contributed by atoms with Crippen molar-refractivity contribution in [1.82, 2.24) is 4.98 Å². The molecule has 26 heavy (non-hydrogen) atoms. The van der Waals surface area contributed by atoms with Crippen molar-refractivity contribution in [3.63, 3.8) is 0 Å². The largest absolute Gasteiger partial charge is 0.387 e. The van der Waals surface area contributed by atoms with Gasteiger partial charge >= 0.3 is 0 Å². The van der Waals surface area contributed by atoms with E-state index < -0.39 is 0 Å². The van der Waals surface area contributed by atoms with Crippen LogP contribution in [0.1, 0.15) is 128 Å². The van der Waals surface area contributed by atoms with Crippen molar-refractivity contribution >= 4 is 0 Å². The molecule has 0 radical (unpaired) electrons. The summed E-state index contributed by atoms with van der Waals surface area (Å²) >= 11 is 0. The lowest BCUT2D eigenvalue weighted by Gasteiger charge is -2.09. The van der Waals surface area contributed by atoms with Crippen molar-refractivity contribution in [2.75, 3.05) is 0 Å². The van der Waals surface area contributed by atoms with Crippen molar-refractivity contribution in [1.29, 1.82) is 0 Å². The van der Waals surface area contributed by atoms with E-state index in [1.54, 1.807) is 6.20 Å². The topological polar surface area (TPSA) is 33.1 Å². The van der Waals surface area contributed by atoms with Crippen LogP contribution < -0.4 is 0 Å². The summed E-state index contributed by atoms with van der Waals surface area (Å²) in [5, 5.41) is 10.1. The van der Waals surface area contributed by atoms with Crippen LogP contribution in [0.25, 0.3) is 0 Å². The van der Waals surface area contributed by atoms with Gasteiger partial charge < -0.3 is 5.11 Å². The van der Waals surface area contributed by atoms with Crippen molar-refractivity contribution in [2.45, 2.75) is 122 Å². The summed E-state index contributed by atoms with van der Waals surface area (Å²) in [7, 11) is 0. The van der Waals surface area contributed by atoms with Crippen molar-refractivity contribution in [3.8, 4) is 0 Å². The van der Waals surface area contributed by atoms with Gasteiger partial charge in [-0.1, -0.05) is 116 Å². The number of aliphatic hydroxyl groups excluding tert-OH is 1. The number of pyridine rings is 1. The molecule has 2 heteroatoms. The Morgan fingerprint density at radius 2 is 1.15 bits per heavy atom. The molecule has 0 fully saturated rings. The van der Waals surface area contributed by atoms with E-state index >= 15 is 0 Å². The summed E-state index contributed by atoms with van der Waals surface area (Å²) < 4.78 is 0. The minimum absolute atomic E-state index is 0.386. The van der Waals surface area contributed by atoms with E-state index in [1.165, 1.54) is 96.3 Å². The molecule has 1 heterocycles. The van der Waals surface area contributed by atoms with E-state index in [4.69, 9.17) is 0 Å². The number of rotatable bonds is 18. The monoisotopic (exact) mass is 361 g/mol. The quantitative estimate of drug-likeness (QED) is 0.271. The highest BCUT2D eigenvalue weighted by Gasteiger charge is 2.07. The molecule has 150 valence electrons. The van der Waals surface area contributed by atoms with Crippen molar-refractivity contribution in [3.05, 3.63) is 30.1 Å². The van der Waals surface area contributed by atoms with Crippen LogP contribution in [0.5, 0.6) is 0 Å². The molecule has 1 unspecified atom stereocenters. The second-order valence-corrected chi connectivity index (χ2v) is 7.86. The van der Waals surface area contributed by atoms with Crippen molar-refractivity contribution in [2.24, 2.45) is 0 Å². The third-order valence-electron chi connectivity index (χ3n) is 5.36. The molecule has 0 spiro atoms. The van der Waals surface area contributed by atoms with Gasteiger partial charge in [0.15, 0.2) is 0 Å². The first-order chi connectivity index (χ1) is 12.8. The second-order valence-electron chi connectivity index (χ2n) is 7.86. The van der Waals surface area contributed by atoms with E-state index in [0.29, 0.717) is 0 Å². The normalized spacial score (nSPS) is 12.4. The first-order valence-electron chi connectivity index (χ1n) is 11.4. The molecule has 0 saturated carbocycles. The average molecular weight is 362 g/mol. The fourth-order valence-corrected chi connectivity index (χ4v) is 3.61. The fourth-order valence-electron chi connectivity index (χ4n) is 3.61. The standard InChI is InChI=1S/C24H43NO/c1-2-3-4-5-6-7-8-9-10-11-12-13-14-15-16-17-21-24(26)23-20-18-19-22-25-23/h18-20,22,24,26H,2-17,21H2,1H3. The smallest absolute Gasteiger partial charge is 0.0959 e. The Morgan fingerprint density at radius 1 is 0.692 bits per heavy atom. The Balaban J connectivity index is 1.76. The minimum Gasteiger partial charge on any atom is -0.387 e. The first-order valence-corrected chi connectivity index (χ1v) is 11.4. The van der Waals surface area contributed by atoms with Gasteiger partial charge in [0.05, 0.1) is 11.8 Å². The van der Waals surface area contributed by atoms with E-state index in [-0.39, 0.29) is 6.10 Å². The van der Waals surface area contributed by atoms with Gasteiger partial charge in [0.2, 0.25) is 0 Å². The Kier molecular flexibility index (Phi) is 15.6. The van der Waals surface area contributed by atoms with Crippen LogP contribution in [0.4, 0.5) is 0 Å². The molecule has 1 atom stereocenters. The summed E-state index contributed by atoms with van der Waals surface area (Å²) in [4.78, 5) is 4.22. The van der Waals surface area contributed by atoms with Gasteiger partial charge in [0, 0.05) is 6.20 Å². The lowest BCUT2D eigenvalue weighted by Crippen LogP contribution is -1.99. The van der Waals surface area contributed by atoms with Crippen molar-refractivity contribution < 1.29 is 5.11 Å². The third kappa shape index (κ3) is 13.3. The van der Waals surface area contributed by atoms with Gasteiger partial charge in [-0.05, 0) is 18.6 Å². The molecule has 0 bridgehead atoms. The predicted molar refractivity (Wildman–Crippen MR) is 113 cm³/mol. The first kappa shape index (κ1) is 23.1. The highest BCUT2D eigenvalue weighted by molar-refractivity contribution is 5.06. The zero-order valence-corrected chi connectivity index (χ0v) is 17.3. The maximum Gasteiger partial charge on any atom is 0.0959 e. The summed E-state index contributed by atoms with van der Waals surface area (Å²) in [6.07, 6.45) is 24.4. The Hall–Kier alpha value is -0.890. The maximum absolute atomic E-state index is 10.1. The SMILES string of the molecule is CCCCCCCCCCCCCCCCCCC(O)c1ccccn1. The predicted octanol–water partition coefficient (Wildman–Crippen LogP) is 7.77. The van der Waals surface area contributed by atoms with Gasteiger partial charge in [-0.3, -0.25) is 4.98 Å². The molecule has 1 aromatic rings. The van der Waals surface area contributed by atoms with Gasteiger partial charge in [0.25, 0.3) is 0 Å². The van der Waals surface area contributed by atoms with Gasteiger partial charge in [-0.25, -0.2) is 0 Å². The molecule has 0 aliphatic heterocycles. The van der Waals surface area contributed by atoms with Crippen LogP contribution in [-0.4, -0.2) is 10.1 Å². The van der Waals surface area contributed by atoms with Gasteiger partial charge in [0.1, 0.15) is 0 Å². The number of hydrogen-bond acceptors (Lipinski definition) is 2. The number of unbranched alkanes of at least 4 members (excludes halogenated alkanes) is 15. The van der Waals surface area contributed by atoms with Gasteiger partial charge in [-0.2, -0.15) is 0 Å². The zero-order chi connectivity index (χ0) is 18.7. The maximum atomic E-state index is 10.1. The number of hydrogen-bond donors (Lipinski definition) is 1. The lowest BCUT2D eigenvalue weighted by molar-refractivity contribution is 0.158. The Bertz CT molecular complexity index is 392. The van der Waals surface area contributed by atoms with Crippen LogP contribution in [-0.2, 0) is 0 Å². The van der Waals surface area contributed by atoms with E-state index in [2.05, 4.69) is 11.9 Å². The highest BCUT2D eigenvalue weighted by Crippen LogP contribution is 2.18.